The molecule has 7 nitrogen and oxygen atoms in total. The van der Waals surface area contributed by atoms with Crippen LogP contribution in [0, 0.1) is 10.1 Å². The van der Waals surface area contributed by atoms with Crippen molar-refractivity contribution in [2.45, 2.75) is 0 Å². The summed E-state index contributed by atoms with van der Waals surface area (Å²) in [7, 11) is 0. The Morgan fingerprint density at radius 3 is 2.64 bits per heavy atom. The van der Waals surface area contributed by atoms with Crippen LogP contribution in [0.15, 0.2) is 42.5 Å². The first kappa shape index (κ1) is 17.2. The Balaban J connectivity index is 1.94. The molecule has 2 aromatic carbocycles. The van der Waals surface area contributed by atoms with E-state index in [1.807, 2.05) is 4.90 Å². The molecule has 130 valence electrons. The standard InChI is InChI=1S/C17H16ClN3O4/c18-12-2-1-3-13(10-12)19-17(22)15-11-14(21(23)24)4-5-16(15)20-6-8-25-9-7-20/h1-5,10-11H,6-9H2,(H,19,22). The molecule has 1 saturated heterocycles. The van der Waals surface area contributed by atoms with E-state index in [2.05, 4.69) is 5.32 Å². The molecule has 0 spiro atoms. The molecule has 0 aliphatic carbocycles. The van der Waals surface area contributed by atoms with E-state index in [1.54, 1.807) is 30.3 Å². The third kappa shape index (κ3) is 4.07. The first-order chi connectivity index (χ1) is 12.0. The number of nitrogens with one attached hydrogen (secondary N) is 1. The van der Waals surface area contributed by atoms with Crippen LogP contribution in [0.5, 0.6) is 0 Å². The van der Waals surface area contributed by atoms with Crippen molar-refractivity contribution in [1.29, 1.82) is 0 Å². The van der Waals surface area contributed by atoms with Crippen LogP contribution in [0.4, 0.5) is 17.1 Å². The molecule has 0 unspecified atom stereocenters. The fourth-order valence-corrected chi connectivity index (χ4v) is 2.85. The van der Waals surface area contributed by atoms with Gasteiger partial charge in [0.05, 0.1) is 29.4 Å². The van der Waals surface area contributed by atoms with Crippen molar-refractivity contribution in [2.24, 2.45) is 0 Å². The molecule has 3 rings (SSSR count). The highest BCUT2D eigenvalue weighted by molar-refractivity contribution is 6.31. The number of rotatable bonds is 4. The van der Waals surface area contributed by atoms with Crippen LogP contribution in [-0.4, -0.2) is 37.1 Å². The van der Waals surface area contributed by atoms with Gasteiger partial charge in [0.1, 0.15) is 0 Å². The van der Waals surface area contributed by atoms with E-state index in [0.717, 1.165) is 0 Å². The Morgan fingerprint density at radius 1 is 1.20 bits per heavy atom. The third-order valence-corrected chi connectivity index (χ3v) is 4.10. The lowest BCUT2D eigenvalue weighted by molar-refractivity contribution is -0.384. The lowest BCUT2D eigenvalue weighted by atomic mass is 10.1. The number of nitro groups is 1. The van der Waals surface area contributed by atoms with Crippen molar-refractivity contribution < 1.29 is 14.5 Å². The van der Waals surface area contributed by atoms with Crippen LogP contribution in [0.1, 0.15) is 10.4 Å². The topological polar surface area (TPSA) is 84.7 Å². The number of anilines is 2. The molecule has 1 amide bonds. The molecule has 0 aromatic heterocycles. The summed E-state index contributed by atoms with van der Waals surface area (Å²) in [5.74, 6) is -0.424. The number of benzene rings is 2. The predicted molar refractivity (Wildman–Crippen MR) is 95.5 cm³/mol. The van der Waals surface area contributed by atoms with Gasteiger partial charge in [-0.1, -0.05) is 17.7 Å². The van der Waals surface area contributed by atoms with E-state index in [-0.39, 0.29) is 11.3 Å². The molecule has 1 aliphatic heterocycles. The number of hydrogen-bond acceptors (Lipinski definition) is 5. The number of non-ortho nitro benzene ring substituents is 1. The second kappa shape index (κ2) is 7.50. The minimum Gasteiger partial charge on any atom is -0.378 e. The molecule has 2 aromatic rings. The lowest BCUT2D eigenvalue weighted by Gasteiger charge is -2.30. The number of nitro benzene ring substituents is 1. The van der Waals surface area contributed by atoms with Crippen LogP contribution in [-0.2, 0) is 4.74 Å². The van der Waals surface area contributed by atoms with E-state index in [9.17, 15) is 14.9 Å². The Labute approximate surface area is 149 Å². The maximum absolute atomic E-state index is 12.7. The molecule has 1 fully saturated rings. The monoisotopic (exact) mass is 361 g/mol. The molecule has 25 heavy (non-hydrogen) atoms. The SMILES string of the molecule is O=C(Nc1cccc(Cl)c1)c1cc([N+](=O)[O-])ccc1N1CCOCC1. The molecule has 0 atom stereocenters. The Hall–Kier alpha value is -2.64. The first-order valence-electron chi connectivity index (χ1n) is 7.72. The van der Waals surface area contributed by atoms with Gasteiger partial charge in [-0.2, -0.15) is 0 Å². The summed E-state index contributed by atoms with van der Waals surface area (Å²) in [5.41, 5.74) is 1.29. The van der Waals surface area contributed by atoms with E-state index >= 15 is 0 Å². The number of amides is 1. The highest BCUT2D eigenvalue weighted by Gasteiger charge is 2.22. The van der Waals surface area contributed by atoms with Crippen LogP contribution in [0.3, 0.4) is 0 Å². The Bertz CT molecular complexity index is 806. The fourth-order valence-electron chi connectivity index (χ4n) is 2.66. The summed E-state index contributed by atoms with van der Waals surface area (Å²) in [5, 5.41) is 14.3. The zero-order valence-corrected chi connectivity index (χ0v) is 14.0. The van der Waals surface area contributed by atoms with Crippen LogP contribution in [0.2, 0.25) is 5.02 Å². The van der Waals surface area contributed by atoms with E-state index < -0.39 is 10.8 Å². The number of hydrogen-bond donors (Lipinski definition) is 1. The average molecular weight is 362 g/mol. The second-order valence-corrected chi connectivity index (χ2v) is 5.96. The number of nitrogens with zero attached hydrogens (tertiary/aromatic N) is 2. The molecule has 1 N–H and O–H groups in total. The second-order valence-electron chi connectivity index (χ2n) is 5.52. The van der Waals surface area contributed by atoms with Gasteiger partial charge in [0.15, 0.2) is 0 Å². The van der Waals surface area contributed by atoms with Crippen LogP contribution < -0.4 is 10.2 Å². The van der Waals surface area contributed by atoms with Crippen LogP contribution >= 0.6 is 11.6 Å². The smallest absolute Gasteiger partial charge is 0.270 e. The number of ether oxygens (including phenoxy) is 1. The predicted octanol–water partition coefficient (Wildman–Crippen LogP) is 3.34. The minimum absolute atomic E-state index is 0.131. The van der Waals surface area contributed by atoms with Gasteiger partial charge in [-0.25, -0.2) is 0 Å². The summed E-state index contributed by atoms with van der Waals surface area (Å²) in [6.45, 7) is 2.34. The fraction of sp³-hybridized carbons (Fsp3) is 0.235. The van der Waals surface area contributed by atoms with Gasteiger partial charge in [0.25, 0.3) is 11.6 Å². The van der Waals surface area contributed by atoms with Crippen molar-refractivity contribution in [1.82, 2.24) is 0 Å². The average Bonchev–Trinajstić information content (AvgIpc) is 2.62. The maximum Gasteiger partial charge on any atom is 0.270 e. The van der Waals surface area contributed by atoms with Crippen molar-refractivity contribution in [3.63, 3.8) is 0 Å². The molecular weight excluding hydrogens is 346 g/mol. The summed E-state index contributed by atoms with van der Waals surface area (Å²) < 4.78 is 5.33. The first-order valence-corrected chi connectivity index (χ1v) is 8.10. The molecular formula is C17H16ClN3O4. The van der Waals surface area contributed by atoms with Gasteiger partial charge < -0.3 is 15.0 Å². The van der Waals surface area contributed by atoms with Gasteiger partial charge in [0, 0.05) is 35.9 Å². The summed E-state index contributed by atoms with van der Waals surface area (Å²) in [6.07, 6.45) is 0. The number of carbonyl (C=O) groups is 1. The van der Waals surface area contributed by atoms with E-state index in [0.29, 0.717) is 42.7 Å². The molecule has 0 radical (unpaired) electrons. The summed E-state index contributed by atoms with van der Waals surface area (Å²) in [6, 6.07) is 11.0. The van der Waals surface area contributed by atoms with Crippen LogP contribution in [0.25, 0.3) is 0 Å². The summed E-state index contributed by atoms with van der Waals surface area (Å²) >= 11 is 5.93. The third-order valence-electron chi connectivity index (χ3n) is 3.87. The zero-order valence-electron chi connectivity index (χ0n) is 13.3. The van der Waals surface area contributed by atoms with E-state index in [1.165, 1.54) is 12.1 Å². The highest BCUT2D eigenvalue weighted by Crippen LogP contribution is 2.27. The highest BCUT2D eigenvalue weighted by atomic mass is 35.5. The minimum atomic E-state index is -0.515. The Kier molecular flexibility index (Phi) is 5.16. The molecule has 0 saturated carbocycles. The van der Waals surface area contributed by atoms with Crippen molar-refractivity contribution in [3.8, 4) is 0 Å². The summed E-state index contributed by atoms with van der Waals surface area (Å²) in [4.78, 5) is 25.3. The van der Waals surface area contributed by atoms with Gasteiger partial charge in [-0.15, -0.1) is 0 Å². The van der Waals surface area contributed by atoms with Gasteiger partial charge in [0.2, 0.25) is 0 Å². The molecule has 1 aliphatic rings. The lowest BCUT2D eigenvalue weighted by Crippen LogP contribution is -2.37. The number of carbonyl (C=O) groups excluding carboxylic acids is 1. The quantitative estimate of drug-likeness (QED) is 0.667. The normalized spacial score (nSPS) is 14.2. The van der Waals surface area contributed by atoms with Crippen molar-refractivity contribution in [2.75, 3.05) is 36.5 Å². The Morgan fingerprint density at radius 2 is 1.96 bits per heavy atom. The number of morpholine rings is 1. The number of halogens is 1. The van der Waals surface area contributed by atoms with Crippen molar-refractivity contribution >= 4 is 34.6 Å². The largest absolute Gasteiger partial charge is 0.378 e. The molecule has 1 heterocycles. The molecule has 0 bridgehead atoms. The van der Waals surface area contributed by atoms with Gasteiger partial charge >= 0.3 is 0 Å². The van der Waals surface area contributed by atoms with E-state index in [4.69, 9.17) is 16.3 Å². The molecule has 8 heteroatoms. The maximum atomic E-state index is 12.7. The van der Waals surface area contributed by atoms with Gasteiger partial charge in [-0.05, 0) is 24.3 Å². The zero-order chi connectivity index (χ0) is 17.8. The van der Waals surface area contributed by atoms with Crippen molar-refractivity contribution in [3.05, 3.63) is 63.2 Å². The van der Waals surface area contributed by atoms with Gasteiger partial charge in [-0.3, -0.25) is 14.9 Å².